The fourth-order valence-corrected chi connectivity index (χ4v) is 2.65. The summed E-state index contributed by atoms with van der Waals surface area (Å²) in [7, 11) is 0. The Labute approximate surface area is 106 Å². The third-order valence-electron chi connectivity index (χ3n) is 4.07. The molecule has 2 aromatic rings. The van der Waals surface area contributed by atoms with E-state index in [1.54, 1.807) is 0 Å². The van der Waals surface area contributed by atoms with Crippen molar-refractivity contribution in [3.05, 3.63) is 47.5 Å². The van der Waals surface area contributed by atoms with E-state index in [-0.39, 0.29) is 0 Å². The average molecular weight is 240 g/mol. The molecule has 0 aromatic heterocycles. The lowest BCUT2D eigenvalue weighted by atomic mass is 9.91. The second-order valence-corrected chi connectivity index (χ2v) is 5.35. The second kappa shape index (κ2) is 3.84. The fraction of sp³-hybridized carbons (Fsp3) is 0.312. The van der Waals surface area contributed by atoms with Crippen LogP contribution in [-0.4, -0.2) is 11.1 Å². The maximum absolute atomic E-state index is 11.3. The van der Waals surface area contributed by atoms with E-state index < -0.39 is 11.4 Å². The molecule has 0 unspecified atom stereocenters. The molecule has 1 saturated carbocycles. The number of fused-ring (bicyclic) bond motifs is 1. The third kappa shape index (κ3) is 1.69. The molecular weight excluding hydrogens is 224 g/mol. The van der Waals surface area contributed by atoms with Crippen molar-refractivity contribution in [2.45, 2.75) is 26.2 Å². The highest BCUT2D eigenvalue weighted by Gasteiger charge is 2.50. The normalized spacial score (nSPS) is 16.7. The Morgan fingerprint density at radius 2 is 1.83 bits per heavy atom. The molecule has 2 heteroatoms. The zero-order valence-electron chi connectivity index (χ0n) is 10.4. The van der Waals surface area contributed by atoms with Gasteiger partial charge in [-0.1, -0.05) is 36.4 Å². The van der Waals surface area contributed by atoms with Crippen LogP contribution in [0.3, 0.4) is 0 Å². The minimum absolute atomic E-state index is 0.488. The molecule has 0 radical (unpaired) electrons. The molecule has 2 aromatic carbocycles. The molecule has 1 aliphatic rings. The van der Waals surface area contributed by atoms with Crippen molar-refractivity contribution in [2.24, 2.45) is 5.41 Å². The van der Waals surface area contributed by atoms with E-state index in [1.807, 2.05) is 12.1 Å². The summed E-state index contributed by atoms with van der Waals surface area (Å²) in [6.45, 7) is 2.09. The van der Waals surface area contributed by atoms with Crippen LogP contribution in [-0.2, 0) is 11.2 Å². The van der Waals surface area contributed by atoms with Crippen molar-refractivity contribution >= 4 is 16.7 Å². The molecule has 3 rings (SSSR count). The SMILES string of the molecule is Cc1ccc(CC2(C(=O)O)CC2)c2ccccc12. The van der Waals surface area contributed by atoms with Gasteiger partial charge in [0.15, 0.2) is 0 Å². The van der Waals surface area contributed by atoms with Gasteiger partial charge in [-0.05, 0) is 48.1 Å². The Hall–Kier alpha value is -1.83. The summed E-state index contributed by atoms with van der Waals surface area (Å²) >= 11 is 0. The summed E-state index contributed by atoms with van der Waals surface area (Å²) in [6.07, 6.45) is 2.28. The summed E-state index contributed by atoms with van der Waals surface area (Å²) in [5.74, 6) is -0.646. The van der Waals surface area contributed by atoms with Gasteiger partial charge in [-0.15, -0.1) is 0 Å². The van der Waals surface area contributed by atoms with Crippen LogP contribution in [0.4, 0.5) is 0 Å². The summed E-state index contributed by atoms with van der Waals surface area (Å²) in [5.41, 5.74) is 1.92. The van der Waals surface area contributed by atoms with Gasteiger partial charge >= 0.3 is 5.97 Å². The molecule has 0 amide bonds. The molecule has 0 bridgehead atoms. The van der Waals surface area contributed by atoms with Crippen LogP contribution in [0.1, 0.15) is 24.0 Å². The van der Waals surface area contributed by atoms with E-state index in [1.165, 1.54) is 16.3 Å². The number of carbonyl (C=O) groups is 1. The van der Waals surface area contributed by atoms with Gasteiger partial charge in [0.2, 0.25) is 0 Å². The van der Waals surface area contributed by atoms with Crippen molar-refractivity contribution in [3.8, 4) is 0 Å². The largest absolute Gasteiger partial charge is 0.481 e. The highest BCUT2D eigenvalue weighted by Crippen LogP contribution is 2.49. The van der Waals surface area contributed by atoms with Crippen molar-refractivity contribution in [1.82, 2.24) is 0 Å². The van der Waals surface area contributed by atoms with Gasteiger partial charge in [0.1, 0.15) is 0 Å². The number of carboxylic acid groups (broad SMARTS) is 1. The van der Waals surface area contributed by atoms with Crippen LogP contribution in [0.15, 0.2) is 36.4 Å². The van der Waals surface area contributed by atoms with Crippen molar-refractivity contribution < 1.29 is 9.90 Å². The van der Waals surface area contributed by atoms with Crippen LogP contribution in [0.25, 0.3) is 10.8 Å². The lowest BCUT2D eigenvalue weighted by Gasteiger charge is -2.13. The van der Waals surface area contributed by atoms with Gasteiger partial charge in [-0.3, -0.25) is 4.79 Å². The summed E-state index contributed by atoms with van der Waals surface area (Å²) < 4.78 is 0. The number of benzene rings is 2. The van der Waals surface area contributed by atoms with Crippen LogP contribution in [0, 0.1) is 12.3 Å². The van der Waals surface area contributed by atoms with Gasteiger partial charge in [-0.25, -0.2) is 0 Å². The van der Waals surface area contributed by atoms with E-state index >= 15 is 0 Å². The van der Waals surface area contributed by atoms with Crippen LogP contribution >= 0.6 is 0 Å². The van der Waals surface area contributed by atoms with Gasteiger partial charge in [0.25, 0.3) is 0 Å². The molecule has 1 N–H and O–H groups in total. The highest BCUT2D eigenvalue weighted by molar-refractivity contribution is 5.89. The predicted octanol–water partition coefficient (Wildman–Crippen LogP) is 3.56. The summed E-state index contributed by atoms with van der Waals surface area (Å²) in [5, 5.41) is 11.7. The number of aliphatic carboxylic acids is 1. The van der Waals surface area contributed by atoms with Crippen molar-refractivity contribution in [2.75, 3.05) is 0 Å². The number of hydrogen-bond donors (Lipinski definition) is 1. The van der Waals surface area contributed by atoms with Gasteiger partial charge in [0, 0.05) is 0 Å². The molecule has 18 heavy (non-hydrogen) atoms. The Kier molecular flexibility index (Phi) is 2.40. The van der Waals surface area contributed by atoms with E-state index in [9.17, 15) is 9.90 Å². The lowest BCUT2D eigenvalue weighted by molar-refractivity contribution is -0.143. The van der Waals surface area contributed by atoms with Crippen LogP contribution in [0.5, 0.6) is 0 Å². The first-order chi connectivity index (χ1) is 8.62. The topological polar surface area (TPSA) is 37.3 Å². The zero-order valence-corrected chi connectivity index (χ0v) is 10.4. The minimum atomic E-state index is -0.646. The third-order valence-corrected chi connectivity index (χ3v) is 4.07. The summed E-state index contributed by atoms with van der Waals surface area (Å²) in [4.78, 5) is 11.3. The van der Waals surface area contributed by atoms with Crippen LogP contribution < -0.4 is 0 Å². The first-order valence-electron chi connectivity index (χ1n) is 6.33. The maximum Gasteiger partial charge on any atom is 0.309 e. The first-order valence-corrected chi connectivity index (χ1v) is 6.33. The van der Waals surface area contributed by atoms with Crippen molar-refractivity contribution in [1.29, 1.82) is 0 Å². The zero-order chi connectivity index (χ0) is 12.8. The molecule has 0 atom stereocenters. The number of rotatable bonds is 3. The molecule has 92 valence electrons. The minimum Gasteiger partial charge on any atom is -0.481 e. The number of carboxylic acids is 1. The quantitative estimate of drug-likeness (QED) is 0.890. The first kappa shape index (κ1) is 11.3. The Balaban J connectivity index is 2.08. The standard InChI is InChI=1S/C16H16O2/c1-11-6-7-12(10-16(8-9-16)15(17)18)14-5-3-2-4-13(11)14/h2-7H,8-10H2,1H3,(H,17,18). The molecule has 0 spiro atoms. The monoisotopic (exact) mass is 240 g/mol. The molecule has 0 aliphatic heterocycles. The molecular formula is C16H16O2. The van der Waals surface area contributed by atoms with Gasteiger partial charge < -0.3 is 5.11 Å². The van der Waals surface area contributed by atoms with Crippen molar-refractivity contribution in [3.63, 3.8) is 0 Å². The van der Waals surface area contributed by atoms with E-state index in [0.29, 0.717) is 6.42 Å². The molecule has 1 fully saturated rings. The summed E-state index contributed by atoms with van der Waals surface area (Å²) in [6, 6.07) is 12.4. The fourth-order valence-electron chi connectivity index (χ4n) is 2.65. The Morgan fingerprint density at radius 3 is 2.44 bits per heavy atom. The predicted molar refractivity (Wildman–Crippen MR) is 71.7 cm³/mol. The highest BCUT2D eigenvalue weighted by atomic mass is 16.4. The maximum atomic E-state index is 11.3. The van der Waals surface area contributed by atoms with E-state index in [2.05, 4.69) is 31.2 Å². The Morgan fingerprint density at radius 1 is 1.17 bits per heavy atom. The molecule has 0 saturated heterocycles. The lowest BCUT2D eigenvalue weighted by Crippen LogP contribution is -2.17. The molecule has 0 heterocycles. The van der Waals surface area contributed by atoms with Crippen LogP contribution in [0.2, 0.25) is 0 Å². The van der Waals surface area contributed by atoms with E-state index in [4.69, 9.17) is 0 Å². The number of hydrogen-bond acceptors (Lipinski definition) is 1. The average Bonchev–Trinajstić information content (AvgIpc) is 3.14. The second-order valence-electron chi connectivity index (χ2n) is 5.35. The van der Waals surface area contributed by atoms with E-state index in [0.717, 1.165) is 18.4 Å². The van der Waals surface area contributed by atoms with Gasteiger partial charge in [-0.2, -0.15) is 0 Å². The number of aryl methyl sites for hydroxylation is 1. The van der Waals surface area contributed by atoms with Gasteiger partial charge in [0.05, 0.1) is 5.41 Å². The molecule has 2 nitrogen and oxygen atoms in total. The Bertz CT molecular complexity index is 624. The molecule has 1 aliphatic carbocycles. The smallest absolute Gasteiger partial charge is 0.309 e.